The quantitative estimate of drug-likeness (QED) is 0.844. The van der Waals surface area contributed by atoms with Crippen molar-refractivity contribution in [3.63, 3.8) is 0 Å². The minimum atomic E-state index is -0.138. The molecule has 1 aromatic rings. The summed E-state index contributed by atoms with van der Waals surface area (Å²) in [5.74, 6) is 0.834. The molecule has 3 nitrogen and oxygen atoms in total. The smallest absolute Gasteiger partial charge is 0.119 e. The molecule has 1 aliphatic rings. The van der Waals surface area contributed by atoms with Crippen LogP contribution in [-0.2, 0) is 0 Å². The van der Waals surface area contributed by atoms with E-state index in [4.69, 9.17) is 21.4 Å². The highest BCUT2D eigenvalue weighted by Crippen LogP contribution is 2.15. The number of β-amino-alcohol motifs (C(OH)–C–C–N with tert-alkyl or cyclic N) is 1. The van der Waals surface area contributed by atoms with Crippen LogP contribution in [0.15, 0.2) is 24.3 Å². The fourth-order valence-electron chi connectivity index (χ4n) is 1.55. The van der Waals surface area contributed by atoms with E-state index in [0.717, 1.165) is 25.4 Å². The topological polar surface area (TPSA) is 32.7 Å². The molecule has 0 aromatic heterocycles. The maximum absolute atomic E-state index is 9.07. The van der Waals surface area contributed by atoms with Gasteiger partial charge in [-0.05, 0) is 24.3 Å². The first kappa shape index (κ1) is 10.7. The van der Waals surface area contributed by atoms with Gasteiger partial charge in [-0.25, -0.2) is 0 Å². The molecular weight excluding hydrogens is 214 g/mol. The summed E-state index contributed by atoms with van der Waals surface area (Å²) in [7, 11) is 0. The molecule has 0 aliphatic carbocycles. The van der Waals surface area contributed by atoms with Gasteiger partial charge in [0.2, 0.25) is 0 Å². The molecule has 1 fully saturated rings. The number of hydrogen-bond acceptors (Lipinski definition) is 3. The number of halogens is 1. The van der Waals surface area contributed by atoms with E-state index < -0.39 is 0 Å². The molecule has 0 saturated carbocycles. The standard InChI is InChI=1S/C11H14ClNO2/c12-9-1-3-11(4-2-9)15-6-5-13-7-10(14)8-13/h1-4,10,14H,5-8H2. The Bertz CT molecular complexity index is 309. The molecule has 1 aliphatic heterocycles. The van der Waals surface area contributed by atoms with Crippen molar-refractivity contribution in [1.29, 1.82) is 0 Å². The third-order valence-corrected chi connectivity index (χ3v) is 2.68. The Morgan fingerprint density at radius 3 is 2.60 bits per heavy atom. The van der Waals surface area contributed by atoms with Gasteiger partial charge in [0, 0.05) is 24.7 Å². The minimum Gasteiger partial charge on any atom is -0.492 e. The lowest BCUT2D eigenvalue weighted by Crippen LogP contribution is -2.51. The van der Waals surface area contributed by atoms with Crippen LogP contribution in [0.3, 0.4) is 0 Å². The summed E-state index contributed by atoms with van der Waals surface area (Å²) in [4.78, 5) is 2.15. The lowest BCUT2D eigenvalue weighted by Gasteiger charge is -2.35. The van der Waals surface area contributed by atoms with Crippen LogP contribution < -0.4 is 4.74 Å². The van der Waals surface area contributed by atoms with Crippen LogP contribution in [0.2, 0.25) is 5.02 Å². The van der Waals surface area contributed by atoms with Crippen LogP contribution in [0.5, 0.6) is 5.75 Å². The predicted octanol–water partition coefficient (Wildman–Crippen LogP) is 1.40. The van der Waals surface area contributed by atoms with Crippen LogP contribution in [0.25, 0.3) is 0 Å². The molecule has 1 N–H and O–H groups in total. The van der Waals surface area contributed by atoms with E-state index in [2.05, 4.69) is 4.90 Å². The third-order valence-electron chi connectivity index (χ3n) is 2.43. The second-order valence-corrected chi connectivity index (χ2v) is 4.15. The van der Waals surface area contributed by atoms with Crippen LogP contribution in [-0.4, -0.2) is 42.4 Å². The van der Waals surface area contributed by atoms with Gasteiger partial charge < -0.3 is 9.84 Å². The van der Waals surface area contributed by atoms with Crippen molar-refractivity contribution in [2.24, 2.45) is 0 Å². The first-order valence-electron chi connectivity index (χ1n) is 5.03. The first-order chi connectivity index (χ1) is 7.24. The van der Waals surface area contributed by atoms with Crippen molar-refractivity contribution in [2.75, 3.05) is 26.2 Å². The summed E-state index contributed by atoms with van der Waals surface area (Å²) in [6, 6.07) is 7.33. The van der Waals surface area contributed by atoms with Crippen LogP contribution in [0.4, 0.5) is 0 Å². The van der Waals surface area contributed by atoms with Gasteiger partial charge in [-0.3, -0.25) is 4.90 Å². The largest absolute Gasteiger partial charge is 0.492 e. The van der Waals surface area contributed by atoms with Gasteiger partial charge >= 0.3 is 0 Å². The molecule has 0 radical (unpaired) electrons. The van der Waals surface area contributed by atoms with E-state index >= 15 is 0 Å². The Kier molecular flexibility index (Phi) is 3.46. The molecule has 0 atom stereocenters. The summed E-state index contributed by atoms with van der Waals surface area (Å²) in [6.45, 7) is 3.04. The average Bonchev–Trinajstić information content (AvgIpc) is 2.18. The van der Waals surface area contributed by atoms with E-state index in [-0.39, 0.29) is 6.10 Å². The zero-order chi connectivity index (χ0) is 10.7. The molecule has 82 valence electrons. The fourth-order valence-corrected chi connectivity index (χ4v) is 1.67. The molecule has 1 aromatic carbocycles. The second kappa shape index (κ2) is 4.84. The molecule has 4 heteroatoms. The minimum absolute atomic E-state index is 0.138. The summed E-state index contributed by atoms with van der Waals surface area (Å²) >= 11 is 5.75. The number of hydrogen-bond donors (Lipinski definition) is 1. The molecule has 0 unspecified atom stereocenters. The lowest BCUT2D eigenvalue weighted by molar-refractivity contribution is -0.00387. The van der Waals surface area contributed by atoms with Crippen molar-refractivity contribution in [3.05, 3.63) is 29.3 Å². The average molecular weight is 228 g/mol. The molecule has 2 rings (SSSR count). The van der Waals surface area contributed by atoms with E-state index in [1.54, 1.807) is 0 Å². The highest BCUT2D eigenvalue weighted by atomic mass is 35.5. The number of rotatable bonds is 4. The zero-order valence-corrected chi connectivity index (χ0v) is 9.15. The number of aliphatic hydroxyl groups excluding tert-OH is 1. The third kappa shape index (κ3) is 3.09. The van der Waals surface area contributed by atoms with Crippen molar-refractivity contribution >= 4 is 11.6 Å². The Labute approximate surface area is 94.2 Å². The number of likely N-dealkylation sites (tertiary alicyclic amines) is 1. The maximum Gasteiger partial charge on any atom is 0.119 e. The number of nitrogens with zero attached hydrogens (tertiary/aromatic N) is 1. The highest BCUT2D eigenvalue weighted by Gasteiger charge is 2.23. The lowest BCUT2D eigenvalue weighted by atomic mass is 10.2. The van der Waals surface area contributed by atoms with Gasteiger partial charge in [-0.15, -0.1) is 0 Å². The molecule has 1 saturated heterocycles. The van der Waals surface area contributed by atoms with Crippen LogP contribution >= 0.6 is 11.6 Å². The van der Waals surface area contributed by atoms with Crippen LogP contribution in [0, 0.1) is 0 Å². The summed E-state index contributed by atoms with van der Waals surface area (Å²) in [5, 5.41) is 9.78. The molecule has 1 heterocycles. The monoisotopic (exact) mass is 227 g/mol. The zero-order valence-electron chi connectivity index (χ0n) is 8.40. The van der Waals surface area contributed by atoms with Gasteiger partial charge in [-0.1, -0.05) is 11.6 Å². The van der Waals surface area contributed by atoms with Gasteiger partial charge in [0.15, 0.2) is 0 Å². The first-order valence-corrected chi connectivity index (χ1v) is 5.40. The van der Waals surface area contributed by atoms with E-state index in [1.807, 2.05) is 24.3 Å². The van der Waals surface area contributed by atoms with E-state index in [1.165, 1.54) is 0 Å². The maximum atomic E-state index is 9.07. The van der Waals surface area contributed by atoms with Crippen molar-refractivity contribution in [3.8, 4) is 5.75 Å². The Hall–Kier alpha value is -0.770. The Morgan fingerprint density at radius 1 is 1.33 bits per heavy atom. The predicted molar refractivity (Wildman–Crippen MR) is 59.4 cm³/mol. The number of ether oxygens (including phenoxy) is 1. The number of aliphatic hydroxyl groups is 1. The van der Waals surface area contributed by atoms with Crippen LogP contribution in [0.1, 0.15) is 0 Å². The molecular formula is C11H14ClNO2. The number of benzene rings is 1. The molecule has 15 heavy (non-hydrogen) atoms. The fraction of sp³-hybridized carbons (Fsp3) is 0.455. The summed E-state index contributed by atoms with van der Waals surface area (Å²) in [5.41, 5.74) is 0. The van der Waals surface area contributed by atoms with Gasteiger partial charge in [0.05, 0.1) is 6.10 Å². The van der Waals surface area contributed by atoms with Gasteiger partial charge in [-0.2, -0.15) is 0 Å². The van der Waals surface area contributed by atoms with Gasteiger partial charge in [0.1, 0.15) is 12.4 Å². The summed E-state index contributed by atoms with van der Waals surface area (Å²) in [6.07, 6.45) is -0.138. The van der Waals surface area contributed by atoms with Crippen molar-refractivity contribution in [1.82, 2.24) is 4.90 Å². The normalized spacial score (nSPS) is 17.5. The Balaban J connectivity index is 1.67. The van der Waals surface area contributed by atoms with Crippen molar-refractivity contribution in [2.45, 2.75) is 6.10 Å². The molecule has 0 bridgehead atoms. The van der Waals surface area contributed by atoms with E-state index in [0.29, 0.717) is 11.6 Å². The second-order valence-electron chi connectivity index (χ2n) is 3.72. The molecule has 0 spiro atoms. The Morgan fingerprint density at radius 2 is 2.00 bits per heavy atom. The summed E-state index contributed by atoms with van der Waals surface area (Å²) < 4.78 is 5.52. The highest BCUT2D eigenvalue weighted by molar-refractivity contribution is 6.30. The molecule has 0 amide bonds. The van der Waals surface area contributed by atoms with Crippen molar-refractivity contribution < 1.29 is 9.84 Å². The SMILES string of the molecule is OC1CN(CCOc2ccc(Cl)cc2)C1. The van der Waals surface area contributed by atoms with E-state index in [9.17, 15) is 0 Å². The van der Waals surface area contributed by atoms with Gasteiger partial charge in [0.25, 0.3) is 0 Å².